The van der Waals surface area contributed by atoms with Gasteiger partial charge in [-0.25, -0.2) is 0 Å². The highest BCUT2D eigenvalue weighted by atomic mass is 28.4. The average Bonchev–Trinajstić information content (AvgIpc) is 2.45. The summed E-state index contributed by atoms with van der Waals surface area (Å²) < 4.78 is 13.7. The van der Waals surface area contributed by atoms with Gasteiger partial charge in [-0.05, 0) is 51.0 Å². The zero-order valence-corrected chi connectivity index (χ0v) is 20.3. The van der Waals surface area contributed by atoms with E-state index in [1.165, 1.54) is 18.9 Å². The largest absolute Gasteiger partial charge is 0.466 e. The third-order valence-corrected chi connectivity index (χ3v) is 13.8. The SMILES string of the molecule is CCOC(=O)CCN(CCCC[Si](C)(C)OCC)[Si](C)(C)C(C)(C)C. The Hall–Kier alpha value is -0.176. The van der Waals surface area contributed by atoms with Crippen LogP contribution in [0.5, 0.6) is 0 Å². The van der Waals surface area contributed by atoms with Crippen LogP contribution in [-0.2, 0) is 14.0 Å². The number of unbranched alkanes of at least 4 members (excludes halogenated alkanes) is 1. The van der Waals surface area contributed by atoms with Gasteiger partial charge in [0.1, 0.15) is 8.24 Å². The molecule has 0 spiro atoms. The summed E-state index contributed by atoms with van der Waals surface area (Å²) in [6.07, 6.45) is 2.89. The summed E-state index contributed by atoms with van der Waals surface area (Å²) in [5.41, 5.74) is 0. The number of nitrogens with zero attached hydrogens (tertiary/aromatic N) is 1. The molecule has 0 atom stereocenters. The van der Waals surface area contributed by atoms with Crippen LogP contribution in [0.2, 0.25) is 37.3 Å². The van der Waals surface area contributed by atoms with Gasteiger partial charge in [0.15, 0.2) is 8.32 Å². The van der Waals surface area contributed by atoms with Crippen LogP contribution < -0.4 is 0 Å². The van der Waals surface area contributed by atoms with Crippen molar-refractivity contribution in [3.63, 3.8) is 0 Å². The van der Waals surface area contributed by atoms with Gasteiger partial charge >= 0.3 is 5.97 Å². The molecule has 6 heteroatoms. The van der Waals surface area contributed by atoms with Crippen molar-refractivity contribution in [1.29, 1.82) is 0 Å². The van der Waals surface area contributed by atoms with E-state index < -0.39 is 16.6 Å². The summed E-state index contributed by atoms with van der Waals surface area (Å²) in [6, 6.07) is 1.21. The van der Waals surface area contributed by atoms with E-state index in [-0.39, 0.29) is 11.0 Å². The molecule has 0 bridgehead atoms. The van der Waals surface area contributed by atoms with Gasteiger partial charge in [-0.2, -0.15) is 0 Å². The second-order valence-corrected chi connectivity index (χ2v) is 18.6. The second-order valence-electron chi connectivity index (χ2n) is 9.00. The summed E-state index contributed by atoms with van der Waals surface area (Å²) in [6.45, 7) is 23.6. The van der Waals surface area contributed by atoms with Crippen LogP contribution in [0.3, 0.4) is 0 Å². The Kier molecular flexibility index (Phi) is 10.8. The maximum absolute atomic E-state index is 11.8. The van der Waals surface area contributed by atoms with Crippen LogP contribution in [0, 0.1) is 0 Å². The van der Waals surface area contributed by atoms with Gasteiger partial charge in [-0.15, -0.1) is 0 Å². The first kappa shape index (κ1) is 24.8. The smallest absolute Gasteiger partial charge is 0.307 e. The van der Waals surface area contributed by atoms with Gasteiger partial charge in [-0.3, -0.25) is 4.79 Å². The van der Waals surface area contributed by atoms with E-state index in [4.69, 9.17) is 9.16 Å². The van der Waals surface area contributed by atoms with Crippen LogP contribution in [0.15, 0.2) is 0 Å². The fraction of sp³-hybridized carbons (Fsp3) is 0.947. The maximum atomic E-state index is 11.8. The van der Waals surface area contributed by atoms with E-state index >= 15 is 0 Å². The molecule has 0 aromatic heterocycles. The number of ether oxygens (including phenoxy) is 1. The normalized spacial score (nSPS) is 13.4. The molecular weight excluding hydrogens is 346 g/mol. The Morgan fingerprint density at radius 3 is 2.04 bits per heavy atom. The number of hydrogen-bond donors (Lipinski definition) is 0. The van der Waals surface area contributed by atoms with Crippen LogP contribution in [0.4, 0.5) is 0 Å². The molecular formula is C19H43NO3Si2. The van der Waals surface area contributed by atoms with Gasteiger partial charge < -0.3 is 13.7 Å². The molecule has 0 fully saturated rings. The van der Waals surface area contributed by atoms with Gasteiger partial charge in [0.25, 0.3) is 0 Å². The zero-order valence-electron chi connectivity index (χ0n) is 18.3. The molecule has 25 heavy (non-hydrogen) atoms. The van der Waals surface area contributed by atoms with E-state index in [1.54, 1.807) is 0 Å². The topological polar surface area (TPSA) is 38.8 Å². The fourth-order valence-corrected chi connectivity index (χ4v) is 7.28. The molecule has 0 saturated heterocycles. The summed E-state index contributed by atoms with van der Waals surface area (Å²) in [5.74, 6) is -0.0731. The number of carbonyl (C=O) groups is 1. The minimum atomic E-state index is -1.63. The number of hydrogen-bond acceptors (Lipinski definition) is 4. The lowest BCUT2D eigenvalue weighted by Gasteiger charge is -2.46. The molecule has 0 rings (SSSR count). The quantitative estimate of drug-likeness (QED) is 0.259. The van der Waals surface area contributed by atoms with E-state index in [2.05, 4.69) is 58.4 Å². The van der Waals surface area contributed by atoms with Gasteiger partial charge in [0.05, 0.1) is 13.0 Å². The Morgan fingerprint density at radius 2 is 1.56 bits per heavy atom. The van der Waals surface area contributed by atoms with Gasteiger partial charge in [-0.1, -0.05) is 40.3 Å². The van der Waals surface area contributed by atoms with Crippen molar-refractivity contribution in [2.45, 2.75) is 91.2 Å². The van der Waals surface area contributed by atoms with Crippen LogP contribution in [0.25, 0.3) is 0 Å². The first-order valence-electron chi connectivity index (χ1n) is 9.92. The molecule has 0 amide bonds. The number of rotatable bonds is 12. The van der Waals surface area contributed by atoms with Crippen molar-refractivity contribution >= 4 is 22.5 Å². The third kappa shape index (κ3) is 9.36. The lowest BCUT2D eigenvalue weighted by Crippen LogP contribution is -2.55. The lowest BCUT2D eigenvalue weighted by molar-refractivity contribution is -0.143. The maximum Gasteiger partial charge on any atom is 0.307 e. The summed E-state index contributed by atoms with van der Waals surface area (Å²) >= 11 is 0. The fourth-order valence-electron chi connectivity index (χ4n) is 2.92. The predicted molar refractivity (Wildman–Crippen MR) is 113 cm³/mol. The summed E-state index contributed by atoms with van der Waals surface area (Å²) in [7, 11) is -3.12. The van der Waals surface area contributed by atoms with E-state index in [1.807, 2.05) is 6.92 Å². The van der Waals surface area contributed by atoms with Crippen LogP contribution >= 0.6 is 0 Å². The molecule has 0 aliphatic rings. The Morgan fingerprint density at radius 1 is 0.960 bits per heavy atom. The van der Waals surface area contributed by atoms with Crippen LogP contribution in [-0.4, -0.2) is 53.4 Å². The number of carbonyl (C=O) groups excluding carboxylic acids is 1. The second kappa shape index (κ2) is 10.8. The molecule has 0 saturated carbocycles. The molecule has 0 N–H and O–H groups in total. The van der Waals surface area contributed by atoms with Gasteiger partial charge in [0, 0.05) is 13.2 Å². The zero-order chi connectivity index (χ0) is 19.7. The molecule has 0 aliphatic heterocycles. The summed E-state index contributed by atoms with van der Waals surface area (Å²) in [4.78, 5) is 11.8. The molecule has 150 valence electrons. The summed E-state index contributed by atoms with van der Waals surface area (Å²) in [5, 5.41) is 0.279. The van der Waals surface area contributed by atoms with Crippen molar-refractivity contribution in [1.82, 2.24) is 4.57 Å². The van der Waals surface area contributed by atoms with E-state index in [0.29, 0.717) is 13.0 Å². The minimum absolute atomic E-state index is 0.0731. The van der Waals surface area contributed by atoms with Crippen molar-refractivity contribution in [3.8, 4) is 0 Å². The van der Waals surface area contributed by atoms with Crippen molar-refractivity contribution < 1.29 is 14.0 Å². The molecule has 0 aromatic carbocycles. The first-order chi connectivity index (χ1) is 11.4. The minimum Gasteiger partial charge on any atom is -0.466 e. The monoisotopic (exact) mass is 389 g/mol. The van der Waals surface area contributed by atoms with Crippen LogP contribution in [0.1, 0.15) is 53.9 Å². The average molecular weight is 390 g/mol. The molecule has 0 heterocycles. The Labute approximate surface area is 158 Å². The first-order valence-corrected chi connectivity index (χ1v) is 16.0. The molecule has 0 aromatic rings. The van der Waals surface area contributed by atoms with Crippen molar-refractivity contribution in [2.24, 2.45) is 0 Å². The van der Waals surface area contributed by atoms with E-state index in [0.717, 1.165) is 19.7 Å². The Bertz CT molecular complexity index is 393. The lowest BCUT2D eigenvalue weighted by atomic mass is 10.2. The van der Waals surface area contributed by atoms with Crippen molar-refractivity contribution in [2.75, 3.05) is 26.3 Å². The third-order valence-electron chi connectivity index (χ3n) is 5.51. The molecule has 4 nitrogen and oxygen atoms in total. The molecule has 0 radical (unpaired) electrons. The highest BCUT2D eigenvalue weighted by Gasteiger charge is 2.40. The highest BCUT2D eigenvalue weighted by molar-refractivity contribution is 6.77. The standard InChI is InChI=1S/C19H43NO3Si2/c1-10-22-18(21)14-16-20(25(8,9)19(3,4)5)15-12-13-17-24(6,7)23-11-2/h10-17H2,1-9H3. The molecule has 0 aliphatic carbocycles. The number of esters is 1. The highest BCUT2D eigenvalue weighted by Crippen LogP contribution is 2.38. The van der Waals surface area contributed by atoms with Crippen molar-refractivity contribution in [3.05, 3.63) is 0 Å². The van der Waals surface area contributed by atoms with Gasteiger partial charge in [0.2, 0.25) is 0 Å². The predicted octanol–water partition coefficient (Wildman–Crippen LogP) is 5.27. The van der Waals surface area contributed by atoms with E-state index in [9.17, 15) is 4.79 Å². The Balaban J connectivity index is 4.72. The molecule has 0 unspecified atom stereocenters.